The molecule has 0 saturated carbocycles. The molecule has 0 aromatic carbocycles. The Morgan fingerprint density at radius 2 is 2.39 bits per heavy atom. The fourth-order valence-electron chi connectivity index (χ4n) is 1.99. The molecule has 1 aliphatic rings. The molecule has 0 bridgehead atoms. The Morgan fingerprint density at radius 3 is 2.94 bits per heavy atom. The van der Waals surface area contributed by atoms with Crippen LogP contribution in [-0.4, -0.2) is 29.6 Å². The van der Waals surface area contributed by atoms with Crippen molar-refractivity contribution in [2.45, 2.75) is 25.3 Å². The summed E-state index contributed by atoms with van der Waals surface area (Å²) >= 11 is 0. The highest BCUT2D eigenvalue weighted by atomic mass is 16.5. The third-order valence-electron chi connectivity index (χ3n) is 3.03. The molecule has 6 nitrogen and oxygen atoms in total. The number of nitrogens with two attached hydrogens (primary N) is 1. The molecule has 4 N–H and O–H groups in total. The lowest BCUT2D eigenvalue weighted by Crippen LogP contribution is -2.51. The molecule has 0 radical (unpaired) electrons. The zero-order valence-electron chi connectivity index (χ0n) is 10.4. The van der Waals surface area contributed by atoms with Crippen LogP contribution in [0.1, 0.15) is 30.1 Å². The number of aromatic nitrogens is 1. The van der Waals surface area contributed by atoms with E-state index in [1.165, 1.54) is 6.20 Å². The second-order valence-corrected chi connectivity index (χ2v) is 4.75. The SMILES string of the molecule is CC1(NC(=O)c2ccc(NN)nc2)CCCOC1. The number of rotatable bonds is 3. The molecule has 1 aromatic rings. The van der Waals surface area contributed by atoms with E-state index in [-0.39, 0.29) is 11.4 Å². The van der Waals surface area contributed by atoms with Gasteiger partial charge in [-0.15, -0.1) is 0 Å². The Kier molecular flexibility index (Phi) is 3.78. The van der Waals surface area contributed by atoms with Gasteiger partial charge < -0.3 is 15.5 Å². The molecule has 6 heteroatoms. The summed E-state index contributed by atoms with van der Waals surface area (Å²) in [6.45, 7) is 3.31. The van der Waals surface area contributed by atoms with Crippen molar-refractivity contribution in [1.82, 2.24) is 10.3 Å². The Hall–Kier alpha value is -1.66. The van der Waals surface area contributed by atoms with Crippen LogP contribution in [0.25, 0.3) is 0 Å². The summed E-state index contributed by atoms with van der Waals surface area (Å²) in [6.07, 6.45) is 3.39. The van der Waals surface area contributed by atoms with Crippen molar-refractivity contribution in [3.63, 3.8) is 0 Å². The fraction of sp³-hybridized carbons (Fsp3) is 0.500. The zero-order valence-corrected chi connectivity index (χ0v) is 10.4. The number of ether oxygens (including phenoxy) is 1. The zero-order chi connectivity index (χ0) is 13.0. The van der Waals surface area contributed by atoms with Gasteiger partial charge in [0.1, 0.15) is 5.82 Å². The topological polar surface area (TPSA) is 89.3 Å². The van der Waals surface area contributed by atoms with Crippen LogP contribution in [0.15, 0.2) is 18.3 Å². The van der Waals surface area contributed by atoms with E-state index < -0.39 is 0 Å². The Morgan fingerprint density at radius 1 is 1.56 bits per heavy atom. The van der Waals surface area contributed by atoms with E-state index in [9.17, 15) is 4.79 Å². The van der Waals surface area contributed by atoms with E-state index in [0.717, 1.165) is 19.4 Å². The van der Waals surface area contributed by atoms with Crippen LogP contribution in [0.5, 0.6) is 0 Å². The molecule has 0 spiro atoms. The van der Waals surface area contributed by atoms with Gasteiger partial charge in [-0.25, -0.2) is 10.8 Å². The summed E-state index contributed by atoms with van der Waals surface area (Å²) in [5.74, 6) is 5.60. The molecule has 18 heavy (non-hydrogen) atoms. The molecule has 98 valence electrons. The first kappa shape index (κ1) is 12.8. The molecule has 1 atom stereocenters. The number of carbonyl (C=O) groups is 1. The summed E-state index contributed by atoms with van der Waals surface area (Å²) in [5, 5.41) is 2.99. The van der Waals surface area contributed by atoms with Crippen molar-refractivity contribution in [2.75, 3.05) is 18.6 Å². The minimum absolute atomic E-state index is 0.140. The van der Waals surface area contributed by atoms with Gasteiger partial charge >= 0.3 is 0 Å². The normalized spacial score (nSPS) is 23.4. The van der Waals surface area contributed by atoms with Crippen LogP contribution >= 0.6 is 0 Å². The van der Waals surface area contributed by atoms with Crippen molar-refractivity contribution in [3.8, 4) is 0 Å². The summed E-state index contributed by atoms with van der Waals surface area (Å²) in [6, 6.07) is 3.35. The van der Waals surface area contributed by atoms with Crippen molar-refractivity contribution in [2.24, 2.45) is 5.84 Å². The van der Waals surface area contributed by atoms with Gasteiger partial charge in [-0.1, -0.05) is 0 Å². The number of hydrogen-bond donors (Lipinski definition) is 3. The van der Waals surface area contributed by atoms with E-state index in [1.54, 1.807) is 12.1 Å². The lowest BCUT2D eigenvalue weighted by atomic mass is 9.94. The number of nitrogens with zero attached hydrogens (tertiary/aromatic N) is 1. The maximum Gasteiger partial charge on any atom is 0.253 e. The third-order valence-corrected chi connectivity index (χ3v) is 3.03. The van der Waals surface area contributed by atoms with Gasteiger partial charge in [0.15, 0.2) is 0 Å². The van der Waals surface area contributed by atoms with E-state index >= 15 is 0 Å². The lowest BCUT2D eigenvalue weighted by molar-refractivity contribution is 0.0272. The van der Waals surface area contributed by atoms with Crippen LogP contribution in [0.4, 0.5) is 5.82 Å². The van der Waals surface area contributed by atoms with Gasteiger partial charge in [0.25, 0.3) is 5.91 Å². The van der Waals surface area contributed by atoms with E-state index in [4.69, 9.17) is 10.6 Å². The number of amides is 1. The van der Waals surface area contributed by atoms with E-state index in [1.807, 2.05) is 6.92 Å². The van der Waals surface area contributed by atoms with Crippen molar-refractivity contribution >= 4 is 11.7 Å². The number of anilines is 1. The maximum absolute atomic E-state index is 12.1. The lowest BCUT2D eigenvalue weighted by Gasteiger charge is -2.34. The summed E-state index contributed by atoms with van der Waals surface area (Å²) in [4.78, 5) is 16.1. The molecule has 1 aliphatic heterocycles. The number of pyridine rings is 1. The molecule has 1 unspecified atom stereocenters. The minimum Gasteiger partial charge on any atom is -0.379 e. The second kappa shape index (κ2) is 5.32. The van der Waals surface area contributed by atoms with Crippen LogP contribution in [0.3, 0.4) is 0 Å². The average Bonchev–Trinajstić information content (AvgIpc) is 2.39. The van der Waals surface area contributed by atoms with Gasteiger partial charge in [-0.2, -0.15) is 0 Å². The number of hydrazine groups is 1. The van der Waals surface area contributed by atoms with Crippen LogP contribution in [0.2, 0.25) is 0 Å². The van der Waals surface area contributed by atoms with Crippen LogP contribution in [0, 0.1) is 0 Å². The Labute approximate surface area is 106 Å². The first-order valence-electron chi connectivity index (χ1n) is 5.96. The maximum atomic E-state index is 12.1. The molecule has 2 heterocycles. The molecule has 1 saturated heterocycles. The van der Waals surface area contributed by atoms with Crippen molar-refractivity contribution < 1.29 is 9.53 Å². The average molecular weight is 250 g/mol. The molecule has 1 amide bonds. The second-order valence-electron chi connectivity index (χ2n) is 4.75. The fourth-order valence-corrected chi connectivity index (χ4v) is 1.99. The monoisotopic (exact) mass is 250 g/mol. The highest BCUT2D eigenvalue weighted by Gasteiger charge is 2.29. The number of carbonyl (C=O) groups excluding carboxylic acids is 1. The predicted molar refractivity (Wildman–Crippen MR) is 68.0 cm³/mol. The third kappa shape index (κ3) is 2.96. The van der Waals surface area contributed by atoms with Crippen LogP contribution < -0.4 is 16.6 Å². The molecule has 1 aromatic heterocycles. The van der Waals surface area contributed by atoms with Gasteiger partial charge in [0, 0.05) is 12.8 Å². The molecular weight excluding hydrogens is 232 g/mol. The van der Waals surface area contributed by atoms with E-state index in [2.05, 4.69) is 15.7 Å². The van der Waals surface area contributed by atoms with Gasteiger partial charge in [0.2, 0.25) is 0 Å². The minimum atomic E-state index is -0.292. The summed E-state index contributed by atoms with van der Waals surface area (Å²) < 4.78 is 5.40. The number of nitrogens with one attached hydrogen (secondary N) is 2. The quantitative estimate of drug-likeness (QED) is 0.542. The van der Waals surface area contributed by atoms with Gasteiger partial charge in [-0.3, -0.25) is 4.79 Å². The summed E-state index contributed by atoms with van der Waals surface area (Å²) in [5.41, 5.74) is 2.64. The Bertz CT molecular complexity index is 413. The first-order chi connectivity index (χ1) is 8.63. The largest absolute Gasteiger partial charge is 0.379 e. The Balaban J connectivity index is 2.02. The standard InChI is InChI=1S/C12H18N4O2/c1-12(5-2-6-18-8-12)15-11(17)9-3-4-10(16-13)14-7-9/h3-4,7H,2,5-6,8,13H2,1H3,(H,14,16)(H,15,17). The summed E-state index contributed by atoms with van der Waals surface area (Å²) in [7, 11) is 0. The number of nitrogen functional groups attached to an aromatic ring is 1. The molecule has 2 rings (SSSR count). The smallest absolute Gasteiger partial charge is 0.253 e. The number of hydrogen-bond acceptors (Lipinski definition) is 5. The predicted octanol–water partition coefficient (Wildman–Crippen LogP) is 0.666. The molecule has 1 fully saturated rings. The first-order valence-corrected chi connectivity index (χ1v) is 5.96. The molecule has 0 aliphatic carbocycles. The highest BCUT2D eigenvalue weighted by Crippen LogP contribution is 2.19. The molecular formula is C12H18N4O2. The van der Waals surface area contributed by atoms with Crippen molar-refractivity contribution in [1.29, 1.82) is 0 Å². The van der Waals surface area contributed by atoms with Gasteiger partial charge in [-0.05, 0) is 31.9 Å². The van der Waals surface area contributed by atoms with Crippen LogP contribution in [-0.2, 0) is 4.74 Å². The highest BCUT2D eigenvalue weighted by molar-refractivity contribution is 5.94. The van der Waals surface area contributed by atoms with Gasteiger partial charge in [0.05, 0.1) is 17.7 Å². The van der Waals surface area contributed by atoms with E-state index in [0.29, 0.717) is 18.0 Å². The van der Waals surface area contributed by atoms with Crippen molar-refractivity contribution in [3.05, 3.63) is 23.9 Å².